The highest BCUT2D eigenvalue weighted by Gasteiger charge is 2.32. The maximum absolute atomic E-state index is 12.5. The van der Waals surface area contributed by atoms with Crippen LogP contribution in [0.4, 0.5) is 0 Å². The molecule has 0 heterocycles. The number of hydrogen-bond acceptors (Lipinski definition) is 1. The molecule has 20 heavy (non-hydrogen) atoms. The third kappa shape index (κ3) is 2.78. The zero-order chi connectivity index (χ0) is 14.0. The summed E-state index contributed by atoms with van der Waals surface area (Å²) in [4.78, 5) is 12.5. The summed E-state index contributed by atoms with van der Waals surface area (Å²) < 4.78 is 0. The average molecular weight is 336 g/mol. The molecule has 3 rings (SSSR count). The van der Waals surface area contributed by atoms with Crippen LogP contribution >= 0.6 is 15.9 Å². The van der Waals surface area contributed by atoms with Gasteiger partial charge in [0.15, 0.2) is 0 Å². The molecule has 1 N–H and O–H groups in total. The molecule has 2 nitrogen and oxygen atoms in total. The van der Waals surface area contributed by atoms with Crippen molar-refractivity contribution in [2.75, 3.05) is 5.33 Å². The third-order valence-electron chi connectivity index (χ3n) is 4.81. The number of benzene rings is 1. The third-order valence-corrected chi connectivity index (χ3v) is 5.88. The largest absolute Gasteiger partial charge is 0.346 e. The summed E-state index contributed by atoms with van der Waals surface area (Å²) >= 11 is 3.60. The molecule has 0 saturated heterocycles. The number of rotatable bonds is 3. The van der Waals surface area contributed by atoms with Crippen LogP contribution in [0.2, 0.25) is 0 Å². The smallest absolute Gasteiger partial charge is 0.251 e. The Morgan fingerprint density at radius 2 is 1.85 bits per heavy atom. The fourth-order valence-electron chi connectivity index (χ4n) is 3.55. The Morgan fingerprint density at radius 3 is 2.60 bits per heavy atom. The van der Waals surface area contributed by atoms with Gasteiger partial charge in [-0.2, -0.15) is 0 Å². The van der Waals surface area contributed by atoms with Gasteiger partial charge in [-0.1, -0.05) is 41.3 Å². The Kier molecular flexibility index (Phi) is 4.16. The monoisotopic (exact) mass is 335 g/mol. The topological polar surface area (TPSA) is 29.1 Å². The van der Waals surface area contributed by atoms with Gasteiger partial charge in [0.05, 0.1) is 5.54 Å². The van der Waals surface area contributed by atoms with E-state index in [0.29, 0.717) is 0 Å². The first-order chi connectivity index (χ1) is 9.72. The molecule has 0 bridgehead atoms. The number of carbonyl (C=O) groups excluding carboxylic acids is 1. The van der Waals surface area contributed by atoms with E-state index in [1.54, 1.807) is 0 Å². The van der Waals surface area contributed by atoms with Crippen molar-refractivity contribution in [3.8, 4) is 0 Å². The first kappa shape index (κ1) is 14.1. The second kappa shape index (κ2) is 5.88. The molecule has 0 spiro atoms. The molecule has 1 aromatic rings. The summed E-state index contributed by atoms with van der Waals surface area (Å²) in [6.07, 6.45) is 9.44. The molecule has 3 heteroatoms. The Morgan fingerprint density at radius 1 is 1.10 bits per heavy atom. The van der Waals surface area contributed by atoms with Crippen molar-refractivity contribution >= 4 is 21.8 Å². The predicted molar refractivity (Wildman–Crippen MR) is 85.5 cm³/mol. The van der Waals surface area contributed by atoms with Crippen LogP contribution in [-0.2, 0) is 12.8 Å². The van der Waals surface area contributed by atoms with E-state index in [2.05, 4.69) is 33.4 Å². The van der Waals surface area contributed by atoms with E-state index in [-0.39, 0.29) is 11.4 Å². The van der Waals surface area contributed by atoms with Crippen molar-refractivity contribution in [1.29, 1.82) is 0 Å². The number of alkyl halides is 1. The van der Waals surface area contributed by atoms with Gasteiger partial charge in [-0.15, -0.1) is 0 Å². The van der Waals surface area contributed by atoms with Crippen LogP contribution in [0.1, 0.15) is 60.0 Å². The lowest BCUT2D eigenvalue weighted by molar-refractivity contribution is 0.0886. The number of amides is 1. The lowest BCUT2D eigenvalue weighted by Crippen LogP contribution is -2.51. The van der Waals surface area contributed by atoms with Crippen LogP contribution in [0.15, 0.2) is 18.2 Å². The molecule has 0 unspecified atom stereocenters. The van der Waals surface area contributed by atoms with Crippen LogP contribution in [0.5, 0.6) is 0 Å². The molecule has 1 fully saturated rings. The Labute approximate surface area is 129 Å². The van der Waals surface area contributed by atoms with Gasteiger partial charge in [0.1, 0.15) is 0 Å². The minimum absolute atomic E-state index is 0.0334. The standard InChI is InChI=1S/C17H22BrNO/c18-12-17(9-2-1-3-10-17)19-16(20)15-8-7-13-5-4-6-14(13)11-15/h7-8,11H,1-6,9-10,12H2,(H,19,20). The van der Waals surface area contributed by atoms with Crippen molar-refractivity contribution in [3.63, 3.8) is 0 Å². The van der Waals surface area contributed by atoms with E-state index in [1.165, 1.54) is 43.2 Å². The van der Waals surface area contributed by atoms with Crippen LogP contribution < -0.4 is 5.32 Å². The Bertz CT molecular complexity index is 506. The summed E-state index contributed by atoms with van der Waals surface area (Å²) in [5.74, 6) is 0.0982. The summed E-state index contributed by atoms with van der Waals surface area (Å²) in [5.41, 5.74) is 3.59. The summed E-state index contributed by atoms with van der Waals surface area (Å²) in [5, 5.41) is 4.16. The second-order valence-corrected chi connectivity index (χ2v) is 6.83. The SMILES string of the molecule is O=C(NC1(CBr)CCCCC1)c1ccc2c(c1)CCC2. The number of aryl methyl sites for hydroxylation is 2. The number of nitrogens with one attached hydrogen (secondary N) is 1. The van der Waals surface area contributed by atoms with Gasteiger partial charge in [0.2, 0.25) is 0 Å². The summed E-state index contributed by atoms with van der Waals surface area (Å²) in [6.45, 7) is 0. The van der Waals surface area contributed by atoms with E-state index < -0.39 is 0 Å². The van der Waals surface area contributed by atoms with Gasteiger partial charge in [0.25, 0.3) is 5.91 Å². The van der Waals surface area contributed by atoms with Crippen molar-refractivity contribution < 1.29 is 4.79 Å². The number of fused-ring (bicyclic) bond motifs is 1. The summed E-state index contributed by atoms with van der Waals surface area (Å²) in [6, 6.07) is 6.23. The normalized spacial score (nSPS) is 20.4. The lowest BCUT2D eigenvalue weighted by atomic mass is 9.83. The molecule has 108 valence electrons. The zero-order valence-corrected chi connectivity index (χ0v) is 13.5. The van der Waals surface area contributed by atoms with Crippen molar-refractivity contribution in [2.45, 2.75) is 56.9 Å². The van der Waals surface area contributed by atoms with E-state index in [4.69, 9.17) is 0 Å². The van der Waals surface area contributed by atoms with E-state index >= 15 is 0 Å². The molecule has 1 amide bonds. The van der Waals surface area contributed by atoms with Crippen LogP contribution in [-0.4, -0.2) is 16.8 Å². The number of halogens is 1. The first-order valence-electron chi connectivity index (χ1n) is 7.73. The molecule has 0 radical (unpaired) electrons. The van der Waals surface area contributed by atoms with Crippen molar-refractivity contribution in [3.05, 3.63) is 34.9 Å². The van der Waals surface area contributed by atoms with Crippen molar-refractivity contribution in [2.24, 2.45) is 0 Å². The fraction of sp³-hybridized carbons (Fsp3) is 0.588. The maximum atomic E-state index is 12.5. The number of hydrogen-bond donors (Lipinski definition) is 1. The summed E-state index contributed by atoms with van der Waals surface area (Å²) in [7, 11) is 0. The molecule has 0 aromatic heterocycles. The second-order valence-electron chi connectivity index (χ2n) is 6.27. The Balaban J connectivity index is 1.75. The van der Waals surface area contributed by atoms with E-state index in [0.717, 1.165) is 30.2 Å². The predicted octanol–water partition coefficient (Wildman–Crippen LogP) is 4.00. The Hall–Kier alpha value is -0.830. The van der Waals surface area contributed by atoms with Gasteiger partial charge in [-0.25, -0.2) is 0 Å². The van der Waals surface area contributed by atoms with Crippen molar-refractivity contribution in [1.82, 2.24) is 5.32 Å². The minimum atomic E-state index is -0.0334. The molecular weight excluding hydrogens is 314 g/mol. The molecule has 0 aliphatic heterocycles. The van der Waals surface area contributed by atoms with Gasteiger partial charge >= 0.3 is 0 Å². The molecule has 2 aliphatic rings. The quantitative estimate of drug-likeness (QED) is 0.831. The molecular formula is C17H22BrNO. The fourth-order valence-corrected chi connectivity index (χ4v) is 4.25. The molecule has 1 saturated carbocycles. The van der Waals surface area contributed by atoms with Gasteiger partial charge < -0.3 is 5.32 Å². The van der Waals surface area contributed by atoms with Gasteiger partial charge in [-0.3, -0.25) is 4.79 Å². The maximum Gasteiger partial charge on any atom is 0.251 e. The van der Waals surface area contributed by atoms with Gasteiger partial charge in [-0.05, 0) is 55.4 Å². The van der Waals surface area contributed by atoms with E-state index in [1.807, 2.05) is 6.07 Å². The zero-order valence-electron chi connectivity index (χ0n) is 11.9. The van der Waals surface area contributed by atoms with Gasteiger partial charge in [0, 0.05) is 10.9 Å². The average Bonchev–Trinajstić information content (AvgIpc) is 2.95. The van der Waals surface area contributed by atoms with E-state index in [9.17, 15) is 4.79 Å². The molecule has 1 aromatic carbocycles. The minimum Gasteiger partial charge on any atom is -0.346 e. The first-order valence-corrected chi connectivity index (χ1v) is 8.85. The van der Waals surface area contributed by atoms with Crippen LogP contribution in [0.25, 0.3) is 0 Å². The highest BCUT2D eigenvalue weighted by atomic mass is 79.9. The highest BCUT2D eigenvalue weighted by molar-refractivity contribution is 9.09. The van der Waals surface area contributed by atoms with Crippen LogP contribution in [0.3, 0.4) is 0 Å². The lowest BCUT2D eigenvalue weighted by Gasteiger charge is -2.36. The molecule has 2 aliphatic carbocycles. The molecule has 0 atom stereocenters. The highest BCUT2D eigenvalue weighted by Crippen LogP contribution is 2.30. The van der Waals surface area contributed by atoms with Crippen LogP contribution in [0, 0.1) is 0 Å². The number of carbonyl (C=O) groups is 1.